The zero-order valence-corrected chi connectivity index (χ0v) is 14.9. The van der Waals surface area contributed by atoms with Crippen molar-refractivity contribution >= 4 is 17.6 Å². The van der Waals surface area contributed by atoms with Crippen LogP contribution in [0.3, 0.4) is 0 Å². The number of furan rings is 1. The summed E-state index contributed by atoms with van der Waals surface area (Å²) in [5.74, 6) is 1.71. The number of rotatable bonds is 8. The quantitative estimate of drug-likeness (QED) is 0.450. The smallest absolute Gasteiger partial charge is 0.193 e. The molecule has 2 aromatic rings. The SMILES string of the molecule is CN=C(NCCCOCc1ccco1)N(C)Cc1ccc(Cl)cc1. The fraction of sp³-hybridized carbons (Fsp3) is 0.389. The predicted molar refractivity (Wildman–Crippen MR) is 97.3 cm³/mol. The summed E-state index contributed by atoms with van der Waals surface area (Å²) < 4.78 is 10.8. The molecule has 0 aliphatic heterocycles. The van der Waals surface area contributed by atoms with Gasteiger partial charge in [-0.3, -0.25) is 4.99 Å². The Bertz CT molecular complexity index is 612. The molecule has 0 spiro atoms. The Hall–Kier alpha value is -1.98. The van der Waals surface area contributed by atoms with Crippen LogP contribution in [0.5, 0.6) is 0 Å². The Balaban J connectivity index is 1.64. The van der Waals surface area contributed by atoms with Gasteiger partial charge in [0.1, 0.15) is 12.4 Å². The van der Waals surface area contributed by atoms with Crippen LogP contribution in [0.4, 0.5) is 0 Å². The van der Waals surface area contributed by atoms with Gasteiger partial charge in [0.2, 0.25) is 0 Å². The number of hydrogen-bond donors (Lipinski definition) is 1. The van der Waals surface area contributed by atoms with Crippen LogP contribution in [0.15, 0.2) is 52.1 Å². The summed E-state index contributed by atoms with van der Waals surface area (Å²) in [6, 6.07) is 11.6. The number of nitrogens with zero attached hydrogens (tertiary/aromatic N) is 2. The summed E-state index contributed by atoms with van der Waals surface area (Å²) in [6.45, 7) is 2.76. The van der Waals surface area contributed by atoms with Crippen LogP contribution in [-0.2, 0) is 17.9 Å². The standard InChI is InChI=1S/C18H24ClN3O2/c1-20-18(22(2)13-15-6-8-16(19)9-7-15)21-10-4-11-23-14-17-5-3-12-24-17/h3,5-9,12H,4,10-11,13-14H2,1-2H3,(H,20,21). The van der Waals surface area contributed by atoms with E-state index < -0.39 is 0 Å². The Kier molecular flexibility index (Phi) is 7.65. The first-order valence-corrected chi connectivity index (χ1v) is 8.33. The third kappa shape index (κ3) is 6.26. The maximum absolute atomic E-state index is 5.91. The van der Waals surface area contributed by atoms with Crippen molar-refractivity contribution in [2.24, 2.45) is 4.99 Å². The van der Waals surface area contributed by atoms with Crippen molar-refractivity contribution in [3.8, 4) is 0 Å². The Morgan fingerprint density at radius 2 is 2.08 bits per heavy atom. The molecule has 0 saturated heterocycles. The first kappa shape index (κ1) is 18.4. The molecule has 0 aliphatic rings. The second-order valence-corrected chi connectivity index (χ2v) is 5.88. The molecule has 0 saturated carbocycles. The summed E-state index contributed by atoms with van der Waals surface area (Å²) in [6.07, 6.45) is 2.55. The van der Waals surface area contributed by atoms with E-state index in [1.54, 1.807) is 13.3 Å². The van der Waals surface area contributed by atoms with Crippen molar-refractivity contribution < 1.29 is 9.15 Å². The summed E-state index contributed by atoms with van der Waals surface area (Å²) in [4.78, 5) is 6.39. The number of benzene rings is 1. The van der Waals surface area contributed by atoms with Crippen molar-refractivity contribution in [3.63, 3.8) is 0 Å². The molecule has 0 bridgehead atoms. The molecule has 2 rings (SSSR count). The second kappa shape index (κ2) is 10.0. The summed E-state index contributed by atoms with van der Waals surface area (Å²) in [7, 11) is 3.80. The van der Waals surface area contributed by atoms with Gasteiger partial charge in [0, 0.05) is 38.8 Å². The molecule has 0 aliphatic carbocycles. The highest BCUT2D eigenvalue weighted by molar-refractivity contribution is 6.30. The van der Waals surface area contributed by atoms with E-state index in [4.69, 9.17) is 20.8 Å². The molecule has 130 valence electrons. The van der Waals surface area contributed by atoms with E-state index >= 15 is 0 Å². The minimum atomic E-state index is 0.512. The van der Waals surface area contributed by atoms with Crippen molar-refractivity contribution in [1.29, 1.82) is 0 Å². The molecule has 1 aromatic carbocycles. The van der Waals surface area contributed by atoms with Gasteiger partial charge in [-0.15, -0.1) is 0 Å². The van der Waals surface area contributed by atoms with Gasteiger partial charge >= 0.3 is 0 Å². The molecule has 0 atom stereocenters. The van der Waals surface area contributed by atoms with Gasteiger partial charge in [-0.25, -0.2) is 0 Å². The van der Waals surface area contributed by atoms with Crippen molar-refractivity contribution in [2.75, 3.05) is 27.2 Å². The van der Waals surface area contributed by atoms with Gasteiger partial charge in [0.05, 0.1) is 6.26 Å². The summed E-state index contributed by atoms with van der Waals surface area (Å²) in [5, 5.41) is 4.09. The normalized spacial score (nSPS) is 11.5. The van der Waals surface area contributed by atoms with Gasteiger partial charge in [0.25, 0.3) is 0 Å². The van der Waals surface area contributed by atoms with Crippen molar-refractivity contribution in [1.82, 2.24) is 10.2 Å². The number of aliphatic imine (C=N–C) groups is 1. The highest BCUT2D eigenvalue weighted by Gasteiger charge is 2.06. The van der Waals surface area contributed by atoms with Crippen molar-refractivity contribution in [2.45, 2.75) is 19.6 Å². The van der Waals surface area contributed by atoms with Gasteiger partial charge < -0.3 is 19.4 Å². The van der Waals surface area contributed by atoms with E-state index in [1.807, 2.05) is 43.4 Å². The van der Waals surface area contributed by atoms with Crippen LogP contribution in [-0.4, -0.2) is 38.1 Å². The zero-order valence-electron chi connectivity index (χ0n) is 14.2. The Morgan fingerprint density at radius 1 is 1.29 bits per heavy atom. The minimum Gasteiger partial charge on any atom is -0.467 e. The lowest BCUT2D eigenvalue weighted by molar-refractivity contribution is 0.104. The summed E-state index contributed by atoms with van der Waals surface area (Å²) in [5.41, 5.74) is 1.19. The lowest BCUT2D eigenvalue weighted by atomic mass is 10.2. The predicted octanol–water partition coefficient (Wildman–Crippen LogP) is 3.55. The molecule has 24 heavy (non-hydrogen) atoms. The Morgan fingerprint density at radius 3 is 2.75 bits per heavy atom. The largest absolute Gasteiger partial charge is 0.467 e. The molecule has 1 N–H and O–H groups in total. The van der Waals surface area contributed by atoms with Gasteiger partial charge in [-0.05, 0) is 36.2 Å². The van der Waals surface area contributed by atoms with Crippen LogP contribution in [0.2, 0.25) is 5.02 Å². The number of nitrogens with one attached hydrogen (secondary N) is 1. The fourth-order valence-electron chi connectivity index (χ4n) is 2.27. The van der Waals surface area contributed by atoms with Gasteiger partial charge in [-0.1, -0.05) is 23.7 Å². The van der Waals surface area contributed by atoms with E-state index in [2.05, 4.69) is 15.2 Å². The average molecular weight is 350 g/mol. The highest BCUT2D eigenvalue weighted by Crippen LogP contribution is 2.11. The molecule has 0 amide bonds. The highest BCUT2D eigenvalue weighted by atomic mass is 35.5. The van der Waals surface area contributed by atoms with Crippen molar-refractivity contribution in [3.05, 3.63) is 59.0 Å². The topological polar surface area (TPSA) is 50.0 Å². The molecule has 1 aromatic heterocycles. The lowest BCUT2D eigenvalue weighted by Crippen LogP contribution is -2.39. The maximum atomic E-state index is 5.91. The fourth-order valence-corrected chi connectivity index (χ4v) is 2.39. The third-order valence-corrected chi connectivity index (χ3v) is 3.73. The van der Waals surface area contributed by atoms with Gasteiger partial charge in [-0.2, -0.15) is 0 Å². The van der Waals surface area contributed by atoms with E-state index in [9.17, 15) is 0 Å². The Labute approximate surface area is 148 Å². The van der Waals surface area contributed by atoms with E-state index in [0.29, 0.717) is 13.2 Å². The van der Waals surface area contributed by atoms with E-state index in [-0.39, 0.29) is 0 Å². The van der Waals surface area contributed by atoms with Crippen LogP contribution in [0.25, 0.3) is 0 Å². The molecular formula is C18H24ClN3O2. The molecule has 5 nitrogen and oxygen atoms in total. The second-order valence-electron chi connectivity index (χ2n) is 5.44. The van der Waals surface area contributed by atoms with Gasteiger partial charge in [0.15, 0.2) is 5.96 Å². The maximum Gasteiger partial charge on any atom is 0.193 e. The number of ether oxygens (including phenoxy) is 1. The minimum absolute atomic E-state index is 0.512. The lowest BCUT2D eigenvalue weighted by Gasteiger charge is -2.22. The molecule has 0 unspecified atom stereocenters. The molecule has 6 heteroatoms. The van der Waals surface area contributed by atoms with Crippen LogP contribution in [0, 0.1) is 0 Å². The molecule has 1 heterocycles. The molecule has 0 fully saturated rings. The van der Waals surface area contributed by atoms with E-state index in [0.717, 1.165) is 36.3 Å². The first-order chi connectivity index (χ1) is 11.7. The first-order valence-electron chi connectivity index (χ1n) is 7.95. The van der Waals surface area contributed by atoms with E-state index in [1.165, 1.54) is 5.56 Å². The van der Waals surface area contributed by atoms with Crippen LogP contribution >= 0.6 is 11.6 Å². The summed E-state index contributed by atoms with van der Waals surface area (Å²) >= 11 is 5.91. The van der Waals surface area contributed by atoms with Crippen LogP contribution in [0.1, 0.15) is 17.7 Å². The average Bonchev–Trinajstić information content (AvgIpc) is 3.09. The zero-order chi connectivity index (χ0) is 17.2. The molecule has 0 radical (unpaired) electrons. The monoisotopic (exact) mass is 349 g/mol. The molecular weight excluding hydrogens is 326 g/mol. The number of guanidine groups is 1. The van der Waals surface area contributed by atoms with Crippen LogP contribution < -0.4 is 5.32 Å². The third-order valence-electron chi connectivity index (χ3n) is 3.48. The number of hydrogen-bond acceptors (Lipinski definition) is 3. The number of halogens is 1.